The van der Waals surface area contributed by atoms with E-state index in [1.165, 1.54) is 0 Å². The normalized spacial score (nSPS) is 10.4. The van der Waals surface area contributed by atoms with E-state index in [4.69, 9.17) is 0 Å². The lowest BCUT2D eigenvalue weighted by molar-refractivity contribution is -0.121. The molecular weight excluding hydrogens is 256 g/mol. The van der Waals surface area contributed by atoms with Crippen LogP contribution in [-0.4, -0.2) is 34.9 Å². The number of rotatable bonds is 6. The van der Waals surface area contributed by atoms with Crippen LogP contribution in [0.4, 0.5) is 0 Å². The Morgan fingerprint density at radius 2 is 2.05 bits per heavy atom. The average molecular weight is 274 g/mol. The molecule has 0 aliphatic carbocycles. The van der Waals surface area contributed by atoms with Crippen molar-refractivity contribution in [2.75, 3.05) is 13.1 Å². The number of aromatic nitrogens is 2. The van der Waals surface area contributed by atoms with Crippen LogP contribution >= 0.6 is 0 Å². The molecule has 0 bridgehead atoms. The molecule has 0 atom stereocenters. The van der Waals surface area contributed by atoms with Gasteiger partial charge in [-0.3, -0.25) is 9.59 Å². The van der Waals surface area contributed by atoms with E-state index in [0.29, 0.717) is 25.1 Å². The molecule has 0 fully saturated rings. The summed E-state index contributed by atoms with van der Waals surface area (Å²) in [5, 5.41) is 5.51. The summed E-state index contributed by atoms with van der Waals surface area (Å²) in [5.41, 5.74) is 2.23. The number of benzene rings is 1. The van der Waals surface area contributed by atoms with Crippen LogP contribution in [0, 0.1) is 0 Å². The Balaban J connectivity index is 1.81. The predicted octanol–water partition coefficient (Wildman–Crippen LogP) is 1.21. The van der Waals surface area contributed by atoms with Crippen molar-refractivity contribution in [3.63, 3.8) is 0 Å². The first-order valence-corrected chi connectivity index (χ1v) is 6.68. The molecule has 0 aliphatic heterocycles. The zero-order valence-corrected chi connectivity index (χ0v) is 11.4. The van der Waals surface area contributed by atoms with Crippen LogP contribution in [0.25, 0.3) is 11.0 Å². The highest BCUT2D eigenvalue weighted by Gasteiger charge is 2.07. The summed E-state index contributed by atoms with van der Waals surface area (Å²) in [7, 11) is 0. The summed E-state index contributed by atoms with van der Waals surface area (Å²) in [6, 6.07) is 5.28. The smallest absolute Gasteiger partial charge is 0.251 e. The van der Waals surface area contributed by atoms with Crippen LogP contribution in [0.5, 0.6) is 0 Å². The molecule has 0 saturated heterocycles. The van der Waals surface area contributed by atoms with Crippen LogP contribution in [0.2, 0.25) is 0 Å². The van der Waals surface area contributed by atoms with Crippen molar-refractivity contribution < 1.29 is 9.59 Å². The molecule has 0 aliphatic rings. The molecule has 2 amide bonds. The fourth-order valence-corrected chi connectivity index (χ4v) is 1.87. The molecule has 6 heteroatoms. The molecule has 0 saturated carbocycles. The number of carbonyl (C=O) groups excluding carboxylic acids is 2. The van der Waals surface area contributed by atoms with Gasteiger partial charge in [-0.2, -0.15) is 0 Å². The number of H-pyrrole nitrogens is 1. The van der Waals surface area contributed by atoms with E-state index in [0.717, 1.165) is 17.5 Å². The topological polar surface area (TPSA) is 86.9 Å². The Hall–Kier alpha value is -2.37. The molecule has 6 nitrogen and oxygen atoms in total. The zero-order chi connectivity index (χ0) is 14.4. The maximum Gasteiger partial charge on any atom is 0.251 e. The molecule has 1 aromatic carbocycles. The number of hydrogen-bond donors (Lipinski definition) is 3. The van der Waals surface area contributed by atoms with Crippen molar-refractivity contribution in [1.29, 1.82) is 0 Å². The second-order valence-electron chi connectivity index (χ2n) is 4.49. The van der Waals surface area contributed by atoms with E-state index in [2.05, 4.69) is 20.6 Å². The number of imidazole rings is 1. The second-order valence-corrected chi connectivity index (χ2v) is 4.49. The SMILES string of the molecule is CCCC(=O)NCCNC(=O)c1ccc2nc[nH]c2c1. The summed E-state index contributed by atoms with van der Waals surface area (Å²) >= 11 is 0. The molecule has 3 N–H and O–H groups in total. The molecule has 20 heavy (non-hydrogen) atoms. The van der Waals surface area contributed by atoms with Crippen molar-refractivity contribution in [2.45, 2.75) is 19.8 Å². The minimum Gasteiger partial charge on any atom is -0.354 e. The van der Waals surface area contributed by atoms with E-state index in [9.17, 15) is 9.59 Å². The van der Waals surface area contributed by atoms with Gasteiger partial charge in [0.25, 0.3) is 5.91 Å². The van der Waals surface area contributed by atoms with Gasteiger partial charge in [0.2, 0.25) is 5.91 Å². The van der Waals surface area contributed by atoms with Gasteiger partial charge in [0.05, 0.1) is 17.4 Å². The van der Waals surface area contributed by atoms with E-state index < -0.39 is 0 Å². The summed E-state index contributed by atoms with van der Waals surface area (Å²) in [6.07, 6.45) is 2.93. The van der Waals surface area contributed by atoms with Gasteiger partial charge in [-0.1, -0.05) is 6.92 Å². The molecule has 0 spiro atoms. The van der Waals surface area contributed by atoms with Gasteiger partial charge in [-0.05, 0) is 24.6 Å². The summed E-state index contributed by atoms with van der Waals surface area (Å²) in [6.45, 7) is 2.80. The van der Waals surface area contributed by atoms with Crippen molar-refractivity contribution >= 4 is 22.8 Å². The van der Waals surface area contributed by atoms with E-state index in [1.54, 1.807) is 24.5 Å². The second kappa shape index (κ2) is 6.70. The van der Waals surface area contributed by atoms with E-state index in [1.807, 2.05) is 6.92 Å². The monoisotopic (exact) mass is 274 g/mol. The van der Waals surface area contributed by atoms with E-state index >= 15 is 0 Å². The number of nitrogens with zero attached hydrogens (tertiary/aromatic N) is 1. The van der Waals surface area contributed by atoms with Gasteiger partial charge in [-0.25, -0.2) is 4.98 Å². The minimum absolute atomic E-state index is 0.0145. The number of carbonyl (C=O) groups is 2. The quantitative estimate of drug-likeness (QED) is 0.692. The van der Waals surface area contributed by atoms with Gasteiger partial charge in [0.15, 0.2) is 0 Å². The third-order valence-electron chi connectivity index (χ3n) is 2.89. The molecule has 106 valence electrons. The van der Waals surface area contributed by atoms with Crippen LogP contribution < -0.4 is 10.6 Å². The van der Waals surface area contributed by atoms with Crippen LogP contribution in [0.1, 0.15) is 30.1 Å². The van der Waals surface area contributed by atoms with E-state index in [-0.39, 0.29) is 11.8 Å². The van der Waals surface area contributed by atoms with Gasteiger partial charge in [-0.15, -0.1) is 0 Å². The van der Waals surface area contributed by atoms with Crippen molar-refractivity contribution in [1.82, 2.24) is 20.6 Å². The average Bonchev–Trinajstić information content (AvgIpc) is 2.91. The minimum atomic E-state index is -0.161. The van der Waals surface area contributed by atoms with Gasteiger partial charge < -0.3 is 15.6 Å². The Kier molecular flexibility index (Phi) is 4.70. The fourth-order valence-electron chi connectivity index (χ4n) is 1.87. The maximum atomic E-state index is 11.9. The lowest BCUT2D eigenvalue weighted by Crippen LogP contribution is -2.34. The molecule has 0 unspecified atom stereocenters. The van der Waals surface area contributed by atoms with Crippen LogP contribution in [0.3, 0.4) is 0 Å². The first-order chi connectivity index (χ1) is 9.70. The first-order valence-electron chi connectivity index (χ1n) is 6.68. The van der Waals surface area contributed by atoms with Crippen LogP contribution in [-0.2, 0) is 4.79 Å². The van der Waals surface area contributed by atoms with Crippen LogP contribution in [0.15, 0.2) is 24.5 Å². The van der Waals surface area contributed by atoms with Crippen molar-refractivity contribution in [2.24, 2.45) is 0 Å². The Labute approximate surface area is 117 Å². The Morgan fingerprint density at radius 1 is 1.25 bits per heavy atom. The molecule has 0 radical (unpaired) electrons. The third kappa shape index (κ3) is 3.57. The highest BCUT2D eigenvalue weighted by atomic mass is 16.2. The fraction of sp³-hybridized carbons (Fsp3) is 0.357. The molecule has 2 rings (SSSR count). The number of aromatic amines is 1. The summed E-state index contributed by atoms with van der Waals surface area (Å²) in [4.78, 5) is 30.2. The largest absolute Gasteiger partial charge is 0.354 e. The van der Waals surface area contributed by atoms with Crippen molar-refractivity contribution in [3.05, 3.63) is 30.1 Å². The highest BCUT2D eigenvalue weighted by Crippen LogP contribution is 2.11. The molecule has 2 aromatic rings. The first kappa shape index (κ1) is 14.0. The van der Waals surface area contributed by atoms with Gasteiger partial charge in [0.1, 0.15) is 0 Å². The standard InChI is InChI=1S/C14H18N4O2/c1-2-3-13(19)15-6-7-16-14(20)10-4-5-11-12(8-10)18-9-17-11/h4-5,8-9H,2-3,6-7H2,1H3,(H,15,19)(H,16,20)(H,17,18). The number of amides is 2. The molecule has 1 heterocycles. The summed E-state index contributed by atoms with van der Waals surface area (Å²) < 4.78 is 0. The zero-order valence-electron chi connectivity index (χ0n) is 11.4. The number of fused-ring (bicyclic) bond motifs is 1. The summed E-state index contributed by atoms with van der Waals surface area (Å²) in [5.74, 6) is -0.146. The highest BCUT2D eigenvalue weighted by molar-refractivity contribution is 5.97. The third-order valence-corrected chi connectivity index (χ3v) is 2.89. The molecule has 1 aromatic heterocycles. The van der Waals surface area contributed by atoms with Gasteiger partial charge >= 0.3 is 0 Å². The Morgan fingerprint density at radius 3 is 2.85 bits per heavy atom. The van der Waals surface area contributed by atoms with Gasteiger partial charge in [0, 0.05) is 25.1 Å². The number of hydrogen-bond acceptors (Lipinski definition) is 3. The Bertz CT molecular complexity index is 606. The lowest BCUT2D eigenvalue weighted by Gasteiger charge is -2.06. The lowest BCUT2D eigenvalue weighted by atomic mass is 10.2. The van der Waals surface area contributed by atoms with Crippen molar-refractivity contribution in [3.8, 4) is 0 Å². The molecular formula is C14H18N4O2. The number of nitrogens with one attached hydrogen (secondary N) is 3. The maximum absolute atomic E-state index is 11.9. The predicted molar refractivity (Wildman–Crippen MR) is 76.3 cm³/mol.